The van der Waals surface area contributed by atoms with Gasteiger partial charge in [-0.25, -0.2) is 9.37 Å². The van der Waals surface area contributed by atoms with E-state index in [1.807, 2.05) is 38.1 Å². The van der Waals surface area contributed by atoms with Crippen LogP contribution in [0, 0.1) is 5.82 Å². The molecule has 0 spiro atoms. The summed E-state index contributed by atoms with van der Waals surface area (Å²) in [6.07, 6.45) is 0. The number of amides is 1. The van der Waals surface area contributed by atoms with E-state index >= 15 is 0 Å². The van der Waals surface area contributed by atoms with Gasteiger partial charge in [-0.15, -0.1) is 0 Å². The Bertz CT molecular complexity index is 1290. The third-order valence-electron chi connectivity index (χ3n) is 5.03. The predicted octanol–water partition coefficient (Wildman–Crippen LogP) is 3.97. The Morgan fingerprint density at radius 3 is 2.57 bits per heavy atom. The van der Waals surface area contributed by atoms with Gasteiger partial charge in [-0.1, -0.05) is 42.1 Å². The summed E-state index contributed by atoms with van der Waals surface area (Å²) in [4.78, 5) is 35.4. The van der Waals surface area contributed by atoms with Gasteiger partial charge in [-0.2, -0.15) is 0 Å². The van der Waals surface area contributed by atoms with Crippen molar-refractivity contribution in [1.29, 1.82) is 0 Å². The quantitative estimate of drug-likeness (QED) is 0.376. The summed E-state index contributed by atoms with van der Waals surface area (Å²) in [6, 6.07) is 13.5. The number of halogens is 1. The molecule has 2 heterocycles. The van der Waals surface area contributed by atoms with Gasteiger partial charge in [0.1, 0.15) is 16.9 Å². The fourth-order valence-corrected chi connectivity index (χ4v) is 4.38. The lowest BCUT2D eigenvalue weighted by Crippen LogP contribution is -2.32. The molecule has 1 N–H and O–H groups in total. The molecule has 1 amide bonds. The summed E-state index contributed by atoms with van der Waals surface area (Å²) in [7, 11) is 0. The fraction of sp³-hybridized carbons (Fsp3) is 0.227. The van der Waals surface area contributed by atoms with Crippen LogP contribution in [-0.2, 0) is 4.79 Å². The van der Waals surface area contributed by atoms with Crippen molar-refractivity contribution in [3.8, 4) is 5.69 Å². The van der Waals surface area contributed by atoms with Crippen LogP contribution in [0.15, 0.2) is 58.5 Å². The molecule has 0 radical (unpaired) electrons. The van der Waals surface area contributed by atoms with Crippen LogP contribution >= 0.6 is 11.8 Å². The molecule has 8 heteroatoms. The number of thioether (sulfide) groups is 1. The van der Waals surface area contributed by atoms with Crippen LogP contribution in [0.2, 0.25) is 0 Å². The highest BCUT2D eigenvalue weighted by Crippen LogP contribution is 2.27. The fourth-order valence-electron chi connectivity index (χ4n) is 3.48. The van der Waals surface area contributed by atoms with Gasteiger partial charge in [0.2, 0.25) is 5.91 Å². The van der Waals surface area contributed by atoms with Crippen LogP contribution in [0.3, 0.4) is 0 Å². The Morgan fingerprint density at radius 2 is 1.83 bits per heavy atom. The average Bonchev–Trinajstić information content (AvgIpc) is 3.13. The third kappa shape index (κ3) is 3.47. The van der Waals surface area contributed by atoms with Crippen molar-refractivity contribution in [1.82, 2.24) is 19.4 Å². The first-order valence-corrected chi connectivity index (χ1v) is 10.7. The number of nitrogens with one attached hydrogen (secondary N) is 1. The Balaban J connectivity index is 1.90. The van der Waals surface area contributed by atoms with Gasteiger partial charge < -0.3 is 9.88 Å². The van der Waals surface area contributed by atoms with Crippen molar-refractivity contribution >= 4 is 39.6 Å². The number of carbonyl (C=O) groups is 1. The van der Waals surface area contributed by atoms with E-state index in [1.54, 1.807) is 17.0 Å². The maximum atomic E-state index is 14.6. The molecule has 0 bridgehead atoms. The number of aromatic amines is 1. The molecule has 2 aromatic carbocycles. The third-order valence-corrected chi connectivity index (χ3v) is 5.95. The van der Waals surface area contributed by atoms with E-state index < -0.39 is 11.4 Å². The van der Waals surface area contributed by atoms with E-state index in [-0.39, 0.29) is 22.5 Å². The second-order valence-electron chi connectivity index (χ2n) is 6.74. The van der Waals surface area contributed by atoms with Crippen molar-refractivity contribution in [2.75, 3.05) is 18.8 Å². The van der Waals surface area contributed by atoms with E-state index in [0.29, 0.717) is 24.1 Å². The van der Waals surface area contributed by atoms with Gasteiger partial charge in [-0.3, -0.25) is 14.2 Å². The molecule has 2 aromatic heterocycles. The van der Waals surface area contributed by atoms with E-state index in [4.69, 9.17) is 0 Å². The Kier molecular flexibility index (Phi) is 5.59. The summed E-state index contributed by atoms with van der Waals surface area (Å²) in [6.45, 7) is 5.03. The van der Waals surface area contributed by atoms with Gasteiger partial charge >= 0.3 is 0 Å². The second-order valence-corrected chi connectivity index (χ2v) is 7.68. The Hall–Kier alpha value is -3.13. The molecule has 0 atom stereocenters. The van der Waals surface area contributed by atoms with Crippen LogP contribution in [0.1, 0.15) is 13.8 Å². The Labute approximate surface area is 176 Å². The molecule has 0 aliphatic heterocycles. The standard InChI is InChI=1S/C22H21FN4O2S/c1-3-26(4-2)18(28)13-30-22-25-19-14-9-5-7-11-16(14)24-20(19)21(29)27(22)17-12-8-6-10-15(17)23/h5-12,24H,3-4,13H2,1-2H3. The maximum Gasteiger partial charge on any atom is 0.283 e. The molecule has 0 aliphatic carbocycles. The number of aromatic nitrogens is 3. The van der Waals surface area contributed by atoms with Crippen molar-refractivity contribution in [2.45, 2.75) is 19.0 Å². The molecule has 154 valence electrons. The highest BCUT2D eigenvalue weighted by atomic mass is 32.2. The van der Waals surface area contributed by atoms with Crippen molar-refractivity contribution < 1.29 is 9.18 Å². The number of nitrogens with zero attached hydrogens (tertiary/aromatic N) is 3. The molecule has 0 saturated carbocycles. The predicted molar refractivity (Wildman–Crippen MR) is 118 cm³/mol. The first kappa shape index (κ1) is 20.2. The maximum absolute atomic E-state index is 14.6. The zero-order valence-electron chi connectivity index (χ0n) is 16.7. The largest absolute Gasteiger partial charge is 0.349 e. The minimum absolute atomic E-state index is 0.0571. The molecule has 0 saturated heterocycles. The van der Waals surface area contributed by atoms with Crippen LogP contribution < -0.4 is 5.56 Å². The van der Waals surface area contributed by atoms with Gasteiger partial charge in [0, 0.05) is 24.0 Å². The van der Waals surface area contributed by atoms with E-state index in [9.17, 15) is 14.0 Å². The number of H-pyrrole nitrogens is 1. The van der Waals surface area contributed by atoms with Crippen LogP contribution in [0.4, 0.5) is 4.39 Å². The van der Waals surface area contributed by atoms with Crippen molar-refractivity contribution in [2.24, 2.45) is 0 Å². The number of benzene rings is 2. The number of hydrogen-bond acceptors (Lipinski definition) is 4. The average molecular weight is 425 g/mol. The summed E-state index contributed by atoms with van der Waals surface area (Å²) in [5.74, 6) is -0.483. The molecule has 4 aromatic rings. The van der Waals surface area contributed by atoms with Crippen LogP contribution in [0.25, 0.3) is 27.6 Å². The van der Waals surface area contributed by atoms with Gasteiger partial charge in [0.15, 0.2) is 5.16 Å². The zero-order valence-corrected chi connectivity index (χ0v) is 17.5. The summed E-state index contributed by atoms with van der Waals surface area (Å²) >= 11 is 1.14. The lowest BCUT2D eigenvalue weighted by Gasteiger charge is -2.18. The number of carbonyl (C=O) groups excluding carboxylic acids is 1. The monoisotopic (exact) mass is 424 g/mol. The molecule has 0 fully saturated rings. The molecule has 4 rings (SSSR count). The van der Waals surface area contributed by atoms with Crippen molar-refractivity contribution in [3.05, 3.63) is 64.7 Å². The van der Waals surface area contributed by atoms with E-state index in [0.717, 1.165) is 22.7 Å². The first-order valence-electron chi connectivity index (χ1n) is 9.74. The summed E-state index contributed by atoms with van der Waals surface area (Å²) in [5, 5.41) is 1.09. The minimum atomic E-state index is -0.534. The number of rotatable bonds is 6. The SMILES string of the molecule is CCN(CC)C(=O)CSc1nc2c([nH]c3ccccc32)c(=O)n1-c1ccccc1F. The van der Waals surface area contributed by atoms with Gasteiger partial charge in [0.05, 0.1) is 11.4 Å². The van der Waals surface area contributed by atoms with Crippen LogP contribution in [-0.4, -0.2) is 44.2 Å². The topological polar surface area (TPSA) is 71.0 Å². The lowest BCUT2D eigenvalue weighted by atomic mass is 10.2. The summed E-state index contributed by atoms with van der Waals surface area (Å²) in [5.41, 5.74) is 1.30. The van der Waals surface area contributed by atoms with Gasteiger partial charge in [0.25, 0.3) is 5.56 Å². The molecule has 30 heavy (non-hydrogen) atoms. The second kappa shape index (κ2) is 8.31. The molecular weight excluding hydrogens is 403 g/mol. The number of fused-ring (bicyclic) bond motifs is 3. The van der Waals surface area contributed by atoms with Gasteiger partial charge in [-0.05, 0) is 32.0 Å². The number of para-hydroxylation sites is 2. The molecule has 6 nitrogen and oxygen atoms in total. The van der Waals surface area contributed by atoms with Crippen molar-refractivity contribution in [3.63, 3.8) is 0 Å². The number of hydrogen-bond donors (Lipinski definition) is 1. The molecule has 0 unspecified atom stereocenters. The first-order chi connectivity index (χ1) is 14.5. The lowest BCUT2D eigenvalue weighted by molar-refractivity contribution is -0.127. The smallest absolute Gasteiger partial charge is 0.283 e. The highest BCUT2D eigenvalue weighted by Gasteiger charge is 2.20. The molecular formula is C22H21FN4O2S. The normalized spacial score (nSPS) is 11.3. The van der Waals surface area contributed by atoms with E-state index in [1.165, 1.54) is 16.7 Å². The highest BCUT2D eigenvalue weighted by molar-refractivity contribution is 7.99. The molecule has 0 aliphatic rings. The summed E-state index contributed by atoms with van der Waals surface area (Å²) < 4.78 is 15.8. The van der Waals surface area contributed by atoms with Crippen LogP contribution in [0.5, 0.6) is 0 Å². The minimum Gasteiger partial charge on any atom is -0.349 e. The Morgan fingerprint density at radius 1 is 1.13 bits per heavy atom. The zero-order chi connectivity index (χ0) is 21.3. The van der Waals surface area contributed by atoms with E-state index in [2.05, 4.69) is 9.97 Å².